The molecule has 0 radical (unpaired) electrons. The minimum Gasteiger partial charge on any atom is -1.00 e. The summed E-state index contributed by atoms with van der Waals surface area (Å²) in [6.07, 6.45) is 4.79. The fraction of sp³-hybridized carbons (Fsp3) is 0.0476. The number of pyridine rings is 1. The van der Waals surface area contributed by atoms with Crippen LogP contribution in [0, 0.1) is 0 Å². The number of nitrogens with zero attached hydrogens (tertiary/aromatic N) is 2. The Hall–Kier alpha value is -2.54. The van der Waals surface area contributed by atoms with E-state index in [2.05, 4.69) is 10.5 Å². The largest absolute Gasteiger partial charge is 1.00 e. The fourth-order valence-electron chi connectivity index (χ4n) is 2.43. The van der Waals surface area contributed by atoms with Crippen LogP contribution in [0.3, 0.4) is 0 Å². The molecule has 0 unspecified atom stereocenters. The van der Waals surface area contributed by atoms with Gasteiger partial charge in [-0.2, -0.15) is 9.67 Å². The van der Waals surface area contributed by atoms with Crippen LogP contribution in [-0.2, 0) is 6.54 Å². The van der Waals surface area contributed by atoms with E-state index in [1.807, 2.05) is 18.2 Å². The van der Waals surface area contributed by atoms with Crippen molar-refractivity contribution >= 4 is 41.1 Å². The van der Waals surface area contributed by atoms with Crippen molar-refractivity contribution < 1.29 is 31.1 Å². The first-order valence-corrected chi connectivity index (χ1v) is 9.14. The Bertz CT molecular complexity index is 1030. The molecule has 2 aromatic carbocycles. The van der Waals surface area contributed by atoms with Crippen LogP contribution in [0.15, 0.2) is 78.2 Å². The van der Waals surface area contributed by atoms with Crippen molar-refractivity contribution in [3.8, 4) is 0 Å². The van der Waals surface area contributed by atoms with Crippen molar-refractivity contribution in [3.63, 3.8) is 0 Å². The molecule has 0 aliphatic rings. The van der Waals surface area contributed by atoms with Crippen LogP contribution in [0.25, 0.3) is 0 Å². The third-order valence-corrected chi connectivity index (χ3v) is 4.47. The lowest BCUT2D eigenvalue weighted by molar-refractivity contribution is -0.683. The lowest BCUT2D eigenvalue weighted by Crippen LogP contribution is -3.00. The molecule has 5 nitrogen and oxygen atoms in total. The lowest BCUT2D eigenvalue weighted by Gasteiger charge is -2.01. The predicted octanol–water partition coefficient (Wildman–Crippen LogP) is 0.932. The van der Waals surface area contributed by atoms with Crippen LogP contribution in [0.5, 0.6) is 0 Å². The van der Waals surface area contributed by atoms with E-state index in [4.69, 9.17) is 23.2 Å². The molecule has 0 saturated carbocycles. The zero-order chi connectivity index (χ0) is 19.9. The second kappa shape index (κ2) is 10.9. The highest BCUT2D eigenvalue weighted by atomic mass is 79.9. The zero-order valence-corrected chi connectivity index (χ0v) is 18.2. The van der Waals surface area contributed by atoms with E-state index in [1.165, 1.54) is 6.21 Å². The number of ketones is 1. The first-order chi connectivity index (χ1) is 13.5. The molecule has 0 saturated heterocycles. The summed E-state index contributed by atoms with van der Waals surface area (Å²) in [4.78, 5) is 24.4. The summed E-state index contributed by atoms with van der Waals surface area (Å²) in [6, 6.07) is 17.3. The number of halogens is 3. The van der Waals surface area contributed by atoms with Gasteiger partial charge in [-0.05, 0) is 12.1 Å². The van der Waals surface area contributed by atoms with Crippen LogP contribution >= 0.6 is 23.2 Å². The molecule has 29 heavy (non-hydrogen) atoms. The minimum absolute atomic E-state index is 0. The van der Waals surface area contributed by atoms with Gasteiger partial charge in [-0.1, -0.05) is 59.6 Å². The van der Waals surface area contributed by atoms with E-state index >= 15 is 0 Å². The highest BCUT2D eigenvalue weighted by Crippen LogP contribution is 2.19. The third-order valence-electron chi connectivity index (χ3n) is 3.91. The standard InChI is InChI=1S/C21H15Cl2N3O2.BrH/c22-18-7-6-17(19(23)12-18)13-24-25-21(28)16-8-10-26(11-9-16)14-20(27)15-4-2-1-3-5-15;/h1-13H,14H2;1H. The van der Waals surface area contributed by atoms with Gasteiger partial charge < -0.3 is 17.0 Å². The van der Waals surface area contributed by atoms with Gasteiger partial charge in [0.15, 0.2) is 12.4 Å². The molecule has 0 aliphatic carbocycles. The summed E-state index contributed by atoms with van der Waals surface area (Å²) in [5.74, 6) is -0.380. The van der Waals surface area contributed by atoms with Gasteiger partial charge in [-0.25, -0.2) is 5.43 Å². The van der Waals surface area contributed by atoms with Gasteiger partial charge in [0.1, 0.15) is 0 Å². The van der Waals surface area contributed by atoms with Crippen molar-refractivity contribution in [2.45, 2.75) is 6.54 Å². The molecule has 0 atom stereocenters. The number of carbonyl (C=O) groups is 2. The summed E-state index contributed by atoms with van der Waals surface area (Å²) in [7, 11) is 0. The number of rotatable bonds is 6. The SMILES string of the molecule is O=C(C[n+]1ccc(C(=O)N/N=C/c2ccc(Cl)cc2Cl)cc1)c1ccccc1.[Br-]. The molecular formula is C21H16BrCl2N3O2. The molecule has 3 aromatic rings. The third kappa shape index (κ3) is 6.49. The Kier molecular flexibility index (Phi) is 8.51. The Morgan fingerprint density at radius 3 is 2.31 bits per heavy atom. The van der Waals surface area contributed by atoms with E-state index in [1.54, 1.807) is 59.4 Å². The Morgan fingerprint density at radius 2 is 1.66 bits per heavy atom. The van der Waals surface area contributed by atoms with Gasteiger partial charge in [0, 0.05) is 28.3 Å². The van der Waals surface area contributed by atoms with Gasteiger partial charge in [-0.3, -0.25) is 9.59 Å². The van der Waals surface area contributed by atoms with Crippen molar-refractivity contribution in [2.75, 3.05) is 0 Å². The molecular weight excluding hydrogens is 477 g/mol. The molecule has 1 N–H and O–H groups in total. The number of aromatic nitrogens is 1. The van der Waals surface area contributed by atoms with Crippen molar-refractivity contribution in [2.24, 2.45) is 5.10 Å². The monoisotopic (exact) mass is 491 g/mol. The number of hydrazone groups is 1. The first kappa shape index (κ1) is 22.7. The van der Waals surface area contributed by atoms with Gasteiger partial charge >= 0.3 is 0 Å². The van der Waals surface area contributed by atoms with Crippen molar-refractivity contribution in [1.82, 2.24) is 5.43 Å². The molecule has 3 rings (SSSR count). The molecule has 1 aromatic heterocycles. The summed E-state index contributed by atoms with van der Waals surface area (Å²) in [5, 5.41) is 4.87. The molecule has 0 fully saturated rings. The number of hydrogen-bond donors (Lipinski definition) is 1. The van der Waals surface area contributed by atoms with Gasteiger partial charge in [0.2, 0.25) is 12.3 Å². The summed E-state index contributed by atoms with van der Waals surface area (Å²) in [5.41, 5.74) is 4.14. The number of amides is 1. The maximum absolute atomic E-state index is 12.2. The van der Waals surface area contributed by atoms with Crippen molar-refractivity contribution in [1.29, 1.82) is 0 Å². The minimum atomic E-state index is -0.372. The normalized spacial score (nSPS) is 10.4. The van der Waals surface area contributed by atoms with E-state index in [-0.39, 0.29) is 35.2 Å². The summed E-state index contributed by atoms with van der Waals surface area (Å²) >= 11 is 11.9. The summed E-state index contributed by atoms with van der Waals surface area (Å²) < 4.78 is 1.71. The molecule has 1 heterocycles. The second-order valence-corrected chi connectivity index (χ2v) is 6.76. The van der Waals surface area contributed by atoms with Gasteiger partial charge in [-0.15, -0.1) is 0 Å². The number of hydrogen-bond acceptors (Lipinski definition) is 3. The van der Waals surface area contributed by atoms with Crippen LogP contribution < -0.4 is 27.0 Å². The number of Topliss-reactive ketones (excluding diaryl/α,β-unsaturated/α-hetero) is 1. The van der Waals surface area contributed by atoms with Crippen LogP contribution in [-0.4, -0.2) is 17.9 Å². The summed E-state index contributed by atoms with van der Waals surface area (Å²) in [6.45, 7) is 0.194. The lowest BCUT2D eigenvalue weighted by atomic mass is 10.1. The molecule has 1 amide bonds. The average molecular weight is 493 g/mol. The maximum atomic E-state index is 12.2. The smallest absolute Gasteiger partial charge is 0.271 e. The Labute approximate surface area is 188 Å². The molecule has 8 heteroatoms. The van der Waals surface area contributed by atoms with Crippen LogP contribution in [0.1, 0.15) is 26.3 Å². The topological polar surface area (TPSA) is 62.4 Å². The average Bonchev–Trinajstić information content (AvgIpc) is 2.70. The zero-order valence-electron chi connectivity index (χ0n) is 15.1. The molecule has 0 spiro atoms. The van der Waals surface area contributed by atoms with Crippen LogP contribution in [0.2, 0.25) is 10.0 Å². The van der Waals surface area contributed by atoms with Gasteiger partial charge in [0.05, 0.1) is 16.8 Å². The van der Waals surface area contributed by atoms with Crippen LogP contribution in [0.4, 0.5) is 0 Å². The highest BCUT2D eigenvalue weighted by molar-refractivity contribution is 6.36. The number of carbonyl (C=O) groups excluding carboxylic acids is 2. The van der Waals surface area contributed by atoms with E-state index < -0.39 is 0 Å². The quantitative estimate of drug-likeness (QED) is 0.241. The molecule has 148 valence electrons. The van der Waals surface area contributed by atoms with E-state index in [0.29, 0.717) is 26.7 Å². The fourth-order valence-corrected chi connectivity index (χ4v) is 2.88. The Morgan fingerprint density at radius 1 is 0.966 bits per heavy atom. The predicted molar refractivity (Wildman–Crippen MR) is 109 cm³/mol. The van der Waals surface area contributed by atoms with Crippen molar-refractivity contribution in [3.05, 3.63) is 99.8 Å². The number of benzene rings is 2. The number of nitrogens with one attached hydrogen (secondary N) is 1. The highest BCUT2D eigenvalue weighted by Gasteiger charge is 2.13. The molecule has 0 bridgehead atoms. The molecule has 0 aliphatic heterocycles. The maximum Gasteiger partial charge on any atom is 0.271 e. The van der Waals surface area contributed by atoms with E-state index in [0.717, 1.165) is 0 Å². The first-order valence-electron chi connectivity index (χ1n) is 8.39. The second-order valence-electron chi connectivity index (χ2n) is 5.91. The van der Waals surface area contributed by atoms with Gasteiger partial charge in [0.25, 0.3) is 5.91 Å². The van der Waals surface area contributed by atoms with E-state index in [9.17, 15) is 9.59 Å². The Balaban J connectivity index is 0.00000300.